The Labute approximate surface area is 137 Å². The molecule has 1 saturated heterocycles. The van der Waals surface area contributed by atoms with Gasteiger partial charge in [0.25, 0.3) is 0 Å². The number of nitrogens with zero attached hydrogens (tertiary/aromatic N) is 1. The van der Waals surface area contributed by atoms with Crippen molar-refractivity contribution in [3.8, 4) is 17.2 Å². The Balaban J connectivity index is 1.60. The number of hydrogen-bond acceptors (Lipinski definition) is 4. The van der Waals surface area contributed by atoms with E-state index in [9.17, 15) is 4.79 Å². The Morgan fingerprint density at radius 1 is 1.13 bits per heavy atom. The van der Waals surface area contributed by atoms with E-state index in [2.05, 4.69) is 6.92 Å². The minimum Gasteiger partial charge on any atom is -0.493 e. The number of carbonyl (C=O) groups is 1. The smallest absolute Gasteiger partial charge is 0.225 e. The molecule has 1 aromatic carbocycles. The number of hydrogen-bond donors (Lipinski definition) is 0. The highest BCUT2D eigenvalue weighted by molar-refractivity contribution is 5.81. The first-order chi connectivity index (χ1) is 11.1. The normalized spacial score (nSPS) is 24.2. The predicted octanol–water partition coefficient (Wildman–Crippen LogP) is 2.73. The summed E-state index contributed by atoms with van der Waals surface area (Å²) in [5.41, 5.74) is 0. The molecule has 0 bridgehead atoms. The Kier molecular flexibility index (Phi) is 4.64. The van der Waals surface area contributed by atoms with Gasteiger partial charge in [0.2, 0.25) is 11.7 Å². The molecule has 2 aliphatic rings. The van der Waals surface area contributed by atoms with Crippen molar-refractivity contribution in [2.45, 2.75) is 32.3 Å². The first kappa shape index (κ1) is 16.0. The topological polar surface area (TPSA) is 48.0 Å². The molecule has 2 unspecified atom stereocenters. The van der Waals surface area contributed by atoms with Gasteiger partial charge in [-0.05, 0) is 24.5 Å². The fraction of sp³-hybridized carbons (Fsp3) is 0.611. The summed E-state index contributed by atoms with van der Waals surface area (Å²) in [6.45, 7) is 3.68. The Bertz CT molecular complexity index is 544. The maximum absolute atomic E-state index is 12.3. The van der Waals surface area contributed by atoms with E-state index in [0.717, 1.165) is 32.4 Å². The third-order valence-corrected chi connectivity index (χ3v) is 4.85. The minimum atomic E-state index is 0.0841. The van der Waals surface area contributed by atoms with Crippen LogP contribution in [-0.2, 0) is 4.79 Å². The molecule has 0 aromatic heterocycles. The fourth-order valence-electron chi connectivity index (χ4n) is 3.19. The monoisotopic (exact) mass is 319 g/mol. The zero-order chi connectivity index (χ0) is 16.4. The highest BCUT2D eigenvalue weighted by Gasteiger charge is 2.42. The second-order valence-corrected chi connectivity index (χ2v) is 6.45. The molecule has 1 heterocycles. The van der Waals surface area contributed by atoms with Gasteiger partial charge in [-0.15, -0.1) is 0 Å². The number of piperidine rings is 1. The molecule has 1 aromatic rings. The molecule has 1 amide bonds. The summed E-state index contributed by atoms with van der Waals surface area (Å²) in [6, 6.07) is 5.61. The van der Waals surface area contributed by atoms with Gasteiger partial charge in [0.1, 0.15) is 6.10 Å². The lowest BCUT2D eigenvalue weighted by atomic mass is 10.1. The number of likely N-dealkylation sites (tertiary alicyclic amines) is 1. The van der Waals surface area contributed by atoms with Crippen LogP contribution < -0.4 is 14.2 Å². The van der Waals surface area contributed by atoms with Crippen LogP contribution in [0.25, 0.3) is 0 Å². The van der Waals surface area contributed by atoms with Gasteiger partial charge >= 0.3 is 0 Å². The van der Waals surface area contributed by atoms with Crippen molar-refractivity contribution in [1.29, 1.82) is 0 Å². The lowest BCUT2D eigenvalue weighted by Gasteiger charge is -2.33. The molecule has 2 fully saturated rings. The number of para-hydroxylation sites is 1. The molecule has 23 heavy (non-hydrogen) atoms. The van der Waals surface area contributed by atoms with E-state index in [1.165, 1.54) is 0 Å². The maximum Gasteiger partial charge on any atom is 0.225 e. The molecule has 126 valence electrons. The molecule has 5 nitrogen and oxygen atoms in total. The van der Waals surface area contributed by atoms with E-state index in [1.807, 2.05) is 23.1 Å². The van der Waals surface area contributed by atoms with Crippen LogP contribution in [0, 0.1) is 11.8 Å². The van der Waals surface area contributed by atoms with E-state index in [-0.39, 0.29) is 12.0 Å². The van der Waals surface area contributed by atoms with Crippen LogP contribution in [0.4, 0.5) is 0 Å². The number of benzene rings is 1. The fourth-order valence-corrected chi connectivity index (χ4v) is 3.19. The van der Waals surface area contributed by atoms with Gasteiger partial charge in [0.15, 0.2) is 11.5 Å². The molecule has 0 spiro atoms. The maximum atomic E-state index is 12.3. The first-order valence-electron chi connectivity index (χ1n) is 8.30. The van der Waals surface area contributed by atoms with E-state index >= 15 is 0 Å². The molecule has 1 saturated carbocycles. The van der Waals surface area contributed by atoms with Gasteiger partial charge in [0.05, 0.1) is 14.2 Å². The molecule has 2 atom stereocenters. The first-order valence-corrected chi connectivity index (χ1v) is 8.30. The van der Waals surface area contributed by atoms with Crippen molar-refractivity contribution >= 4 is 5.91 Å². The lowest BCUT2D eigenvalue weighted by molar-refractivity contribution is -0.134. The lowest BCUT2D eigenvalue weighted by Crippen LogP contribution is -2.42. The third-order valence-electron chi connectivity index (χ3n) is 4.85. The summed E-state index contributed by atoms with van der Waals surface area (Å²) in [5.74, 6) is 3.16. The molecule has 1 aliphatic heterocycles. The number of amides is 1. The Morgan fingerprint density at radius 2 is 1.70 bits per heavy atom. The summed E-state index contributed by atoms with van der Waals surface area (Å²) >= 11 is 0. The van der Waals surface area contributed by atoms with Gasteiger partial charge < -0.3 is 19.1 Å². The van der Waals surface area contributed by atoms with Crippen LogP contribution in [0.1, 0.15) is 26.2 Å². The predicted molar refractivity (Wildman–Crippen MR) is 87.0 cm³/mol. The van der Waals surface area contributed by atoms with Crippen LogP contribution in [0.2, 0.25) is 0 Å². The zero-order valence-corrected chi connectivity index (χ0v) is 14.1. The minimum absolute atomic E-state index is 0.0841. The standard InChI is InChI=1S/C18H25NO4/c1-12-11-14(12)18(20)19-9-7-13(8-10-19)23-17-15(21-2)5-4-6-16(17)22-3/h4-6,12-14H,7-11H2,1-3H3. The summed E-state index contributed by atoms with van der Waals surface area (Å²) in [4.78, 5) is 14.3. The van der Waals surface area contributed by atoms with Crippen molar-refractivity contribution in [3.05, 3.63) is 18.2 Å². The average molecular weight is 319 g/mol. The van der Waals surface area contributed by atoms with Crippen molar-refractivity contribution in [2.75, 3.05) is 27.3 Å². The van der Waals surface area contributed by atoms with E-state index in [4.69, 9.17) is 14.2 Å². The largest absolute Gasteiger partial charge is 0.493 e. The summed E-state index contributed by atoms with van der Waals surface area (Å²) in [7, 11) is 3.25. The molecular formula is C18H25NO4. The van der Waals surface area contributed by atoms with E-state index in [0.29, 0.717) is 29.1 Å². The van der Waals surface area contributed by atoms with Crippen LogP contribution in [0.3, 0.4) is 0 Å². The van der Waals surface area contributed by atoms with Gasteiger partial charge in [-0.2, -0.15) is 0 Å². The van der Waals surface area contributed by atoms with Crippen molar-refractivity contribution in [3.63, 3.8) is 0 Å². The van der Waals surface area contributed by atoms with E-state index < -0.39 is 0 Å². The molecule has 3 rings (SSSR count). The molecule has 1 aliphatic carbocycles. The summed E-state index contributed by atoms with van der Waals surface area (Å²) in [6.07, 6.45) is 2.82. The Morgan fingerprint density at radius 3 is 2.17 bits per heavy atom. The van der Waals surface area contributed by atoms with Crippen LogP contribution in [0.5, 0.6) is 17.2 Å². The van der Waals surface area contributed by atoms with Gasteiger partial charge in [0, 0.05) is 31.8 Å². The second kappa shape index (κ2) is 6.69. The number of rotatable bonds is 5. The van der Waals surface area contributed by atoms with Crippen molar-refractivity contribution in [2.24, 2.45) is 11.8 Å². The van der Waals surface area contributed by atoms with E-state index in [1.54, 1.807) is 14.2 Å². The van der Waals surface area contributed by atoms with Gasteiger partial charge in [-0.25, -0.2) is 0 Å². The number of methoxy groups -OCH3 is 2. The van der Waals surface area contributed by atoms with Crippen molar-refractivity contribution in [1.82, 2.24) is 4.90 Å². The number of carbonyl (C=O) groups excluding carboxylic acids is 1. The quantitative estimate of drug-likeness (QED) is 0.837. The van der Waals surface area contributed by atoms with Crippen molar-refractivity contribution < 1.29 is 19.0 Å². The molecule has 0 N–H and O–H groups in total. The zero-order valence-electron chi connectivity index (χ0n) is 14.1. The Hall–Kier alpha value is -1.91. The summed E-state index contributed by atoms with van der Waals surface area (Å²) < 4.78 is 16.9. The second-order valence-electron chi connectivity index (χ2n) is 6.45. The van der Waals surface area contributed by atoms with Crippen LogP contribution in [-0.4, -0.2) is 44.2 Å². The van der Waals surface area contributed by atoms with Gasteiger partial charge in [-0.3, -0.25) is 4.79 Å². The molecular weight excluding hydrogens is 294 g/mol. The van der Waals surface area contributed by atoms with Crippen LogP contribution in [0.15, 0.2) is 18.2 Å². The van der Waals surface area contributed by atoms with Gasteiger partial charge in [-0.1, -0.05) is 13.0 Å². The summed E-state index contributed by atoms with van der Waals surface area (Å²) in [5, 5.41) is 0. The van der Waals surface area contributed by atoms with Crippen LogP contribution >= 0.6 is 0 Å². The highest BCUT2D eigenvalue weighted by atomic mass is 16.5. The third kappa shape index (κ3) is 3.38. The molecule has 0 radical (unpaired) electrons. The molecule has 5 heteroatoms. The average Bonchev–Trinajstić information content (AvgIpc) is 3.32. The highest BCUT2D eigenvalue weighted by Crippen LogP contribution is 2.41. The number of ether oxygens (including phenoxy) is 3. The SMILES string of the molecule is COc1cccc(OC)c1OC1CCN(C(=O)C2CC2C)CC1.